The number of carbonyl (C=O) groups excluding carboxylic acids is 1. The summed E-state index contributed by atoms with van der Waals surface area (Å²) in [7, 11) is 1.78. The van der Waals surface area contributed by atoms with Gasteiger partial charge in [-0.15, -0.1) is 12.4 Å². The summed E-state index contributed by atoms with van der Waals surface area (Å²) in [6.45, 7) is 1.95. The number of aromatic nitrogens is 3. The number of amides is 1. The van der Waals surface area contributed by atoms with Crippen molar-refractivity contribution < 1.29 is 9.90 Å². The number of aromatic hydroxyl groups is 1. The Balaban J connectivity index is 0.00000208. The van der Waals surface area contributed by atoms with Crippen molar-refractivity contribution in [1.29, 1.82) is 0 Å². The van der Waals surface area contributed by atoms with E-state index >= 15 is 0 Å². The third-order valence-electron chi connectivity index (χ3n) is 4.01. The fourth-order valence-corrected chi connectivity index (χ4v) is 2.79. The zero-order valence-corrected chi connectivity index (χ0v) is 14.3. The number of halogens is 1. The summed E-state index contributed by atoms with van der Waals surface area (Å²) >= 11 is 0. The van der Waals surface area contributed by atoms with E-state index in [0.29, 0.717) is 11.9 Å². The van der Waals surface area contributed by atoms with Gasteiger partial charge in [0.05, 0.1) is 6.42 Å². The van der Waals surface area contributed by atoms with Gasteiger partial charge in [0, 0.05) is 13.0 Å². The Bertz CT molecular complexity index is 698. The van der Waals surface area contributed by atoms with Crippen LogP contribution in [-0.2, 0) is 18.3 Å². The number of piperidine rings is 1. The summed E-state index contributed by atoms with van der Waals surface area (Å²) in [6.07, 6.45) is 2.21. The molecule has 2 aromatic rings. The molecule has 24 heavy (non-hydrogen) atoms. The van der Waals surface area contributed by atoms with Crippen LogP contribution in [0.3, 0.4) is 0 Å². The van der Waals surface area contributed by atoms with Gasteiger partial charge in [0.1, 0.15) is 5.75 Å². The molecular formula is C16H22ClN5O2. The smallest absolute Gasteiger partial charge is 0.231 e. The zero-order valence-electron chi connectivity index (χ0n) is 13.5. The molecule has 0 saturated carbocycles. The molecule has 0 spiro atoms. The number of benzene rings is 1. The highest BCUT2D eigenvalue weighted by molar-refractivity contribution is 5.90. The van der Waals surface area contributed by atoms with Gasteiger partial charge in [-0.1, -0.05) is 12.1 Å². The molecule has 0 aliphatic carbocycles. The van der Waals surface area contributed by atoms with E-state index in [4.69, 9.17) is 0 Å². The minimum absolute atomic E-state index is 0. The fourth-order valence-electron chi connectivity index (χ4n) is 2.79. The van der Waals surface area contributed by atoms with Gasteiger partial charge in [0.15, 0.2) is 5.82 Å². The number of rotatable bonds is 4. The molecule has 0 radical (unpaired) electrons. The normalized spacial score (nSPS) is 14.9. The molecule has 1 aliphatic heterocycles. The SMILES string of the molecule is Cl.Cn1nc(C2CCNCC2)nc1NC(=O)Cc1cccc(O)c1. The second-order valence-corrected chi connectivity index (χ2v) is 5.84. The Morgan fingerprint density at radius 3 is 2.88 bits per heavy atom. The topological polar surface area (TPSA) is 92.1 Å². The zero-order chi connectivity index (χ0) is 16.2. The monoisotopic (exact) mass is 351 g/mol. The lowest BCUT2D eigenvalue weighted by Crippen LogP contribution is -2.27. The van der Waals surface area contributed by atoms with Gasteiger partial charge in [-0.25, -0.2) is 4.68 Å². The van der Waals surface area contributed by atoms with Crippen LogP contribution >= 0.6 is 12.4 Å². The largest absolute Gasteiger partial charge is 0.508 e. The predicted molar refractivity (Wildman–Crippen MR) is 93.5 cm³/mol. The van der Waals surface area contributed by atoms with Gasteiger partial charge in [0.2, 0.25) is 11.9 Å². The number of aryl methyl sites for hydroxylation is 1. The number of anilines is 1. The predicted octanol–water partition coefficient (Wildman–Crippen LogP) is 1.59. The maximum Gasteiger partial charge on any atom is 0.231 e. The van der Waals surface area contributed by atoms with Crippen LogP contribution in [0.25, 0.3) is 0 Å². The third-order valence-corrected chi connectivity index (χ3v) is 4.01. The summed E-state index contributed by atoms with van der Waals surface area (Å²) in [5.74, 6) is 1.58. The van der Waals surface area contributed by atoms with Crippen molar-refractivity contribution in [1.82, 2.24) is 20.1 Å². The minimum Gasteiger partial charge on any atom is -0.508 e. The first kappa shape index (κ1) is 18.2. The van der Waals surface area contributed by atoms with Crippen molar-refractivity contribution in [3.8, 4) is 5.75 Å². The van der Waals surface area contributed by atoms with Crippen LogP contribution in [0.4, 0.5) is 5.95 Å². The quantitative estimate of drug-likeness (QED) is 0.778. The van der Waals surface area contributed by atoms with Crippen molar-refractivity contribution in [2.45, 2.75) is 25.2 Å². The number of hydrogen-bond donors (Lipinski definition) is 3. The van der Waals surface area contributed by atoms with E-state index in [1.807, 2.05) is 0 Å². The van der Waals surface area contributed by atoms with Crippen LogP contribution in [-0.4, -0.2) is 38.9 Å². The highest BCUT2D eigenvalue weighted by Gasteiger charge is 2.21. The van der Waals surface area contributed by atoms with E-state index in [2.05, 4.69) is 20.7 Å². The molecule has 7 nitrogen and oxygen atoms in total. The molecule has 0 bridgehead atoms. The Kier molecular flexibility index (Phi) is 6.16. The summed E-state index contributed by atoms with van der Waals surface area (Å²) in [5.41, 5.74) is 0.753. The summed E-state index contributed by atoms with van der Waals surface area (Å²) in [4.78, 5) is 16.6. The van der Waals surface area contributed by atoms with Crippen molar-refractivity contribution in [2.75, 3.05) is 18.4 Å². The fraction of sp³-hybridized carbons (Fsp3) is 0.438. The van der Waals surface area contributed by atoms with Crippen molar-refractivity contribution >= 4 is 24.3 Å². The second kappa shape index (κ2) is 8.12. The van der Waals surface area contributed by atoms with E-state index in [0.717, 1.165) is 37.3 Å². The van der Waals surface area contributed by atoms with Crippen LogP contribution < -0.4 is 10.6 Å². The first-order valence-corrected chi connectivity index (χ1v) is 7.81. The maximum atomic E-state index is 12.1. The van der Waals surface area contributed by atoms with Gasteiger partial charge >= 0.3 is 0 Å². The molecule has 130 valence electrons. The van der Waals surface area contributed by atoms with Gasteiger partial charge in [-0.05, 0) is 43.6 Å². The molecule has 1 aromatic carbocycles. The number of phenolic OH excluding ortho intramolecular Hbond substituents is 1. The number of nitrogens with zero attached hydrogens (tertiary/aromatic N) is 3. The molecule has 1 aliphatic rings. The van der Waals surface area contributed by atoms with Crippen LogP contribution in [0.2, 0.25) is 0 Å². The molecule has 1 fully saturated rings. The van der Waals surface area contributed by atoms with Crippen molar-refractivity contribution in [2.24, 2.45) is 7.05 Å². The first-order chi connectivity index (χ1) is 11.1. The Morgan fingerprint density at radius 1 is 1.42 bits per heavy atom. The molecule has 8 heteroatoms. The summed E-state index contributed by atoms with van der Waals surface area (Å²) in [6, 6.07) is 6.68. The summed E-state index contributed by atoms with van der Waals surface area (Å²) < 4.78 is 1.61. The molecule has 0 unspecified atom stereocenters. The Morgan fingerprint density at radius 2 is 2.17 bits per heavy atom. The molecular weight excluding hydrogens is 330 g/mol. The lowest BCUT2D eigenvalue weighted by atomic mass is 9.98. The van der Waals surface area contributed by atoms with E-state index in [1.54, 1.807) is 36.0 Å². The molecule has 0 atom stereocenters. The standard InChI is InChI=1S/C16H21N5O2.ClH/c1-21-16(19-15(20-21)12-5-7-17-8-6-12)18-14(23)10-11-3-2-4-13(22)9-11;/h2-4,9,12,17,22H,5-8,10H2,1H3,(H,18,19,20,23);1H. The lowest BCUT2D eigenvalue weighted by Gasteiger charge is -2.19. The Hall–Kier alpha value is -2.12. The molecule has 1 saturated heterocycles. The number of hydrogen-bond acceptors (Lipinski definition) is 5. The lowest BCUT2D eigenvalue weighted by molar-refractivity contribution is -0.115. The number of phenols is 1. The van der Waals surface area contributed by atoms with E-state index < -0.39 is 0 Å². The van der Waals surface area contributed by atoms with Crippen LogP contribution in [0.15, 0.2) is 24.3 Å². The number of carbonyl (C=O) groups is 1. The van der Waals surface area contributed by atoms with Crippen LogP contribution in [0, 0.1) is 0 Å². The van der Waals surface area contributed by atoms with Gasteiger partial charge in [0.25, 0.3) is 0 Å². The summed E-state index contributed by atoms with van der Waals surface area (Å²) in [5, 5.41) is 20.0. The van der Waals surface area contributed by atoms with Crippen molar-refractivity contribution in [3.63, 3.8) is 0 Å². The molecule has 3 rings (SSSR count). The number of nitrogens with one attached hydrogen (secondary N) is 2. The molecule has 1 amide bonds. The van der Waals surface area contributed by atoms with E-state index in [9.17, 15) is 9.90 Å². The third kappa shape index (κ3) is 4.46. The van der Waals surface area contributed by atoms with Gasteiger partial charge < -0.3 is 10.4 Å². The average molecular weight is 352 g/mol. The van der Waals surface area contributed by atoms with Gasteiger partial charge in [-0.3, -0.25) is 10.1 Å². The van der Waals surface area contributed by atoms with E-state index in [-0.39, 0.29) is 30.5 Å². The molecule has 2 heterocycles. The second-order valence-electron chi connectivity index (χ2n) is 5.84. The van der Waals surface area contributed by atoms with Crippen molar-refractivity contribution in [3.05, 3.63) is 35.7 Å². The maximum absolute atomic E-state index is 12.1. The minimum atomic E-state index is -0.178. The first-order valence-electron chi connectivity index (χ1n) is 7.81. The van der Waals surface area contributed by atoms with Gasteiger partial charge in [-0.2, -0.15) is 10.1 Å². The highest BCUT2D eigenvalue weighted by atomic mass is 35.5. The average Bonchev–Trinajstić information content (AvgIpc) is 2.89. The highest BCUT2D eigenvalue weighted by Crippen LogP contribution is 2.23. The van der Waals surface area contributed by atoms with Crippen LogP contribution in [0.5, 0.6) is 5.75 Å². The molecule has 1 aromatic heterocycles. The van der Waals surface area contributed by atoms with Crippen LogP contribution in [0.1, 0.15) is 30.1 Å². The molecule has 3 N–H and O–H groups in total. The Labute approximate surface area is 146 Å². The van der Waals surface area contributed by atoms with E-state index in [1.165, 1.54) is 0 Å².